The molecule has 234 valence electrons. The Kier molecular flexibility index (Phi) is 8.95. The number of morpholine rings is 1. The molecule has 4 fully saturated rings. The molecule has 1 aliphatic heterocycles. The first-order valence-electron chi connectivity index (χ1n) is 15.9. The fourth-order valence-corrected chi connectivity index (χ4v) is 9.80. The summed E-state index contributed by atoms with van der Waals surface area (Å²) in [5.41, 5.74) is -1.64. The summed E-state index contributed by atoms with van der Waals surface area (Å²) < 4.78 is 28.9. The number of allylic oxidation sites excluding steroid dienone is 1. The smallest absolute Gasteiger partial charge is 0.461 e. The number of esters is 1. The second kappa shape index (κ2) is 12.0. The van der Waals surface area contributed by atoms with Gasteiger partial charge in [-0.25, -0.2) is 4.79 Å². The third kappa shape index (κ3) is 4.65. The van der Waals surface area contributed by atoms with Crippen LogP contribution in [0.15, 0.2) is 24.3 Å². The maximum absolute atomic E-state index is 14.7. The monoisotopic (exact) mass is 587 g/mol. The number of carbonyl (C=O) groups excluding carboxylic acids is 3. The van der Waals surface area contributed by atoms with Gasteiger partial charge in [-0.3, -0.25) is 9.69 Å². The van der Waals surface area contributed by atoms with Crippen molar-refractivity contribution in [3.05, 3.63) is 24.3 Å². The number of carbonyl (C=O) groups is 3. The molecule has 0 unspecified atom stereocenters. The summed E-state index contributed by atoms with van der Waals surface area (Å²) in [7, 11) is 0. The Bertz CT molecular complexity index is 1090. The van der Waals surface area contributed by atoms with E-state index in [1.807, 2.05) is 13.0 Å². The second-order valence-corrected chi connectivity index (χ2v) is 13.5. The summed E-state index contributed by atoms with van der Waals surface area (Å²) in [5.74, 6) is 0.584. The summed E-state index contributed by atoms with van der Waals surface area (Å²) in [5, 5.41) is 0. The molecule has 0 aromatic heterocycles. The number of hydrogen-bond donors (Lipinski definition) is 0. The highest BCUT2D eigenvalue weighted by Crippen LogP contribution is 2.82. The molecule has 3 saturated carbocycles. The van der Waals surface area contributed by atoms with Gasteiger partial charge in [0.25, 0.3) is 0 Å². The van der Waals surface area contributed by atoms with E-state index in [0.29, 0.717) is 31.4 Å². The van der Waals surface area contributed by atoms with Gasteiger partial charge in [-0.1, -0.05) is 44.9 Å². The molecule has 4 aliphatic carbocycles. The average molecular weight is 588 g/mol. The Morgan fingerprint density at radius 1 is 1.14 bits per heavy atom. The van der Waals surface area contributed by atoms with Gasteiger partial charge in [0.05, 0.1) is 24.7 Å². The van der Waals surface area contributed by atoms with E-state index in [4.69, 9.17) is 23.7 Å². The van der Waals surface area contributed by atoms with Crippen LogP contribution in [0.5, 0.6) is 0 Å². The lowest BCUT2D eigenvalue weighted by molar-refractivity contribution is -0.236. The van der Waals surface area contributed by atoms with Gasteiger partial charge in [-0.05, 0) is 62.7 Å². The number of ether oxygens (including phenoxy) is 5. The van der Waals surface area contributed by atoms with Crippen LogP contribution >= 0.6 is 0 Å². The predicted octanol–water partition coefficient (Wildman–Crippen LogP) is 4.79. The minimum Gasteiger partial charge on any atom is -0.461 e. The number of fused-ring (bicyclic) bond motifs is 2. The summed E-state index contributed by atoms with van der Waals surface area (Å²) in [6.07, 6.45) is 7.46. The van der Waals surface area contributed by atoms with Gasteiger partial charge in [0, 0.05) is 25.0 Å². The van der Waals surface area contributed by atoms with E-state index < -0.39 is 34.7 Å². The maximum atomic E-state index is 14.7. The molecule has 0 spiro atoms. The zero-order valence-electron chi connectivity index (χ0n) is 26.0. The third-order valence-corrected chi connectivity index (χ3v) is 11.1. The lowest BCUT2D eigenvalue weighted by Crippen LogP contribution is -2.64. The van der Waals surface area contributed by atoms with Crippen LogP contribution in [0.4, 0.5) is 4.79 Å². The van der Waals surface area contributed by atoms with E-state index in [1.165, 1.54) is 0 Å². The quantitative estimate of drug-likeness (QED) is 0.138. The molecule has 0 N–H and O–H groups in total. The Morgan fingerprint density at radius 2 is 1.90 bits per heavy atom. The lowest BCUT2D eigenvalue weighted by Gasteiger charge is -2.59. The highest BCUT2D eigenvalue weighted by molar-refractivity contribution is 5.91. The first-order chi connectivity index (χ1) is 20.1. The Balaban J connectivity index is 1.50. The van der Waals surface area contributed by atoms with Crippen LogP contribution in [0.1, 0.15) is 60.3 Å². The van der Waals surface area contributed by atoms with Crippen LogP contribution in [0, 0.1) is 45.8 Å². The SMILES string of the molecule is C=CCN1C[C@H](OC[C@@]23C[C@@H]4[C@H](C)CC[C@H]4[C@@]4(C=O)C[C@H]2C=C(C(C)C)[C@@]34C(=O)OCCOC(=O)OCC)O[C@H](C)C1. The summed E-state index contributed by atoms with van der Waals surface area (Å²) in [6.45, 7) is 16.6. The molecule has 5 rings (SSSR count). The van der Waals surface area contributed by atoms with E-state index in [1.54, 1.807) is 6.92 Å². The molecule has 9 atom stereocenters. The Hall–Kier alpha value is -2.23. The minimum atomic E-state index is -1.14. The topological polar surface area (TPSA) is 101 Å². The number of aldehydes is 1. The molecular formula is C33H49NO8. The molecule has 5 aliphatic rings. The van der Waals surface area contributed by atoms with Crippen molar-refractivity contribution in [1.82, 2.24) is 4.90 Å². The van der Waals surface area contributed by atoms with Crippen molar-refractivity contribution in [3.63, 3.8) is 0 Å². The average Bonchev–Trinajstić information content (AvgIpc) is 3.51. The van der Waals surface area contributed by atoms with E-state index in [0.717, 1.165) is 44.2 Å². The van der Waals surface area contributed by atoms with Crippen molar-refractivity contribution in [2.45, 2.75) is 72.7 Å². The van der Waals surface area contributed by atoms with E-state index >= 15 is 0 Å². The fourth-order valence-electron chi connectivity index (χ4n) is 9.80. The van der Waals surface area contributed by atoms with E-state index in [9.17, 15) is 14.4 Å². The van der Waals surface area contributed by atoms with E-state index in [-0.39, 0.29) is 43.7 Å². The van der Waals surface area contributed by atoms with Gasteiger partial charge < -0.3 is 28.5 Å². The van der Waals surface area contributed by atoms with Gasteiger partial charge in [-0.2, -0.15) is 0 Å². The van der Waals surface area contributed by atoms with Crippen molar-refractivity contribution in [2.24, 2.45) is 45.8 Å². The molecule has 0 amide bonds. The second-order valence-electron chi connectivity index (χ2n) is 13.5. The third-order valence-electron chi connectivity index (χ3n) is 11.1. The molecule has 1 heterocycles. The van der Waals surface area contributed by atoms with Gasteiger partial charge in [0.15, 0.2) is 6.29 Å². The first kappa shape index (κ1) is 31.2. The van der Waals surface area contributed by atoms with Crippen LogP contribution < -0.4 is 0 Å². The summed E-state index contributed by atoms with van der Waals surface area (Å²) in [4.78, 5) is 42.2. The highest BCUT2D eigenvalue weighted by Gasteiger charge is 2.84. The predicted molar refractivity (Wildman–Crippen MR) is 155 cm³/mol. The van der Waals surface area contributed by atoms with Crippen LogP contribution in [0.2, 0.25) is 0 Å². The van der Waals surface area contributed by atoms with Crippen LogP contribution in [-0.4, -0.2) is 81.8 Å². The van der Waals surface area contributed by atoms with Gasteiger partial charge >= 0.3 is 12.1 Å². The zero-order chi connectivity index (χ0) is 30.3. The Morgan fingerprint density at radius 3 is 2.60 bits per heavy atom. The largest absolute Gasteiger partial charge is 0.508 e. The summed E-state index contributed by atoms with van der Waals surface area (Å²) >= 11 is 0. The molecule has 42 heavy (non-hydrogen) atoms. The Labute approximate surface area is 250 Å². The molecule has 9 nitrogen and oxygen atoms in total. The molecule has 0 aromatic rings. The first-order valence-corrected chi connectivity index (χ1v) is 15.9. The molecule has 0 radical (unpaired) electrons. The van der Waals surface area contributed by atoms with Gasteiger partial charge in [-0.15, -0.1) is 6.58 Å². The molecular weight excluding hydrogens is 538 g/mol. The maximum Gasteiger partial charge on any atom is 0.508 e. The van der Waals surface area contributed by atoms with Gasteiger partial charge in [0.2, 0.25) is 0 Å². The van der Waals surface area contributed by atoms with Crippen LogP contribution in [0.25, 0.3) is 0 Å². The molecule has 9 heteroatoms. The van der Waals surface area contributed by atoms with Gasteiger partial charge in [0.1, 0.15) is 24.9 Å². The lowest BCUT2D eigenvalue weighted by atomic mass is 9.43. The van der Waals surface area contributed by atoms with Crippen molar-refractivity contribution < 1.29 is 38.1 Å². The fraction of sp³-hybridized carbons (Fsp3) is 0.788. The minimum absolute atomic E-state index is 0.00355. The van der Waals surface area contributed by atoms with Crippen LogP contribution in [0.3, 0.4) is 0 Å². The number of rotatable bonds is 12. The normalized spacial score (nSPS) is 40.4. The summed E-state index contributed by atoms with van der Waals surface area (Å²) in [6, 6.07) is 0. The zero-order valence-corrected chi connectivity index (χ0v) is 26.0. The van der Waals surface area contributed by atoms with Crippen molar-refractivity contribution in [1.29, 1.82) is 0 Å². The number of nitrogens with zero attached hydrogens (tertiary/aromatic N) is 1. The molecule has 0 aromatic carbocycles. The standard InChI is InChI=1S/C33H49NO8/c1-7-11-34-17-23(6)42-28(18-34)41-20-32-16-25-22(5)9-10-26(25)31(19-35)15-24(32)14-27(21(3)4)33(31,32)29(36)39-12-13-40-30(37)38-8-2/h7,14,19,21-26,28H,1,8-13,15-18,20H2,2-6H3/t22-,23-,24-,25-,26-,28-,31+,32+,33+/m1/s1. The molecule has 4 bridgehead atoms. The van der Waals surface area contributed by atoms with Crippen molar-refractivity contribution in [2.75, 3.05) is 46.1 Å². The van der Waals surface area contributed by atoms with Crippen molar-refractivity contribution in [3.8, 4) is 0 Å². The molecule has 1 saturated heterocycles. The van der Waals surface area contributed by atoms with E-state index in [2.05, 4.69) is 38.3 Å². The van der Waals surface area contributed by atoms with Crippen molar-refractivity contribution >= 4 is 18.4 Å². The highest BCUT2D eigenvalue weighted by atomic mass is 16.7. The number of hydrogen-bond acceptors (Lipinski definition) is 9. The van der Waals surface area contributed by atoms with Crippen LogP contribution in [-0.2, 0) is 33.3 Å².